The maximum absolute atomic E-state index is 6.27. The van der Waals surface area contributed by atoms with Gasteiger partial charge in [0.05, 0.1) is 0 Å². The van der Waals surface area contributed by atoms with Crippen molar-refractivity contribution in [3.8, 4) is 0 Å². The van der Waals surface area contributed by atoms with Crippen molar-refractivity contribution in [3.05, 3.63) is 58.6 Å². The summed E-state index contributed by atoms with van der Waals surface area (Å²) in [6, 6.07) is 18.1. The van der Waals surface area contributed by atoms with Crippen molar-refractivity contribution in [2.24, 2.45) is 0 Å². The summed E-state index contributed by atoms with van der Waals surface area (Å²) in [5, 5.41) is 5.01. The SMILES string of the molecule is Clc1ccc(P(c2ccc(Cl)cc2)[C]23[CH]4[CH]5[CH]6[CH]2[Fe]56432789[CH]3[CH]2[CH]7[CH]8[CH]39)cc1. The molecule has 0 aromatic heterocycles. The van der Waals surface area contributed by atoms with Crippen LogP contribution in [0.15, 0.2) is 48.5 Å². The van der Waals surface area contributed by atoms with E-state index in [9.17, 15) is 0 Å². The van der Waals surface area contributed by atoms with Gasteiger partial charge in [0, 0.05) is 0 Å². The van der Waals surface area contributed by atoms with E-state index < -0.39 is 6.51 Å². The van der Waals surface area contributed by atoms with Gasteiger partial charge in [-0.3, -0.25) is 0 Å². The second-order valence-electron chi connectivity index (χ2n) is 12.9. The molecule has 0 radical (unpaired) electrons. The van der Waals surface area contributed by atoms with Crippen LogP contribution < -0.4 is 10.6 Å². The van der Waals surface area contributed by atoms with Crippen LogP contribution in [0.2, 0.25) is 53.4 Å². The normalized spacial score (nSPS) is 82.0. The molecule has 4 atom stereocenters. The van der Waals surface area contributed by atoms with Crippen LogP contribution in [0.5, 0.6) is 0 Å². The molecule has 0 bridgehead atoms. The van der Waals surface area contributed by atoms with Gasteiger partial charge < -0.3 is 0 Å². The Bertz CT molecular complexity index is 1410. The second kappa shape index (κ2) is 1.41. The first kappa shape index (κ1) is 11.8. The molecule has 10 heterocycles. The third-order valence-corrected chi connectivity index (χ3v) is 67.0. The zero-order chi connectivity index (χ0) is 16.6. The Hall–Kier alpha value is -0.0305. The molecule has 0 aliphatic carbocycles. The molecule has 10 aliphatic heterocycles. The van der Waals surface area contributed by atoms with Gasteiger partial charge in [0.1, 0.15) is 0 Å². The Labute approximate surface area is 153 Å². The van der Waals surface area contributed by atoms with Crippen LogP contribution in [0.3, 0.4) is 0 Å². The Balaban J connectivity index is 1.25. The van der Waals surface area contributed by atoms with Crippen LogP contribution in [0.25, 0.3) is 0 Å². The molecule has 4 unspecified atom stereocenters. The third-order valence-electron chi connectivity index (χ3n) is 17.1. The van der Waals surface area contributed by atoms with Crippen LogP contribution in [0.1, 0.15) is 0 Å². The predicted octanol–water partition coefficient (Wildman–Crippen LogP) is 6.72. The number of benzene rings is 2. The summed E-state index contributed by atoms with van der Waals surface area (Å²) in [7, 11) is -0.210. The zero-order valence-electron chi connectivity index (χ0n) is 13.9. The fourth-order valence-electron chi connectivity index (χ4n) is 18.4. The van der Waals surface area contributed by atoms with Crippen molar-refractivity contribution in [2.75, 3.05) is 0 Å². The van der Waals surface area contributed by atoms with E-state index in [1.54, 1.807) is 10.6 Å². The van der Waals surface area contributed by atoms with E-state index in [4.69, 9.17) is 23.2 Å². The molecule has 132 valence electrons. The Morgan fingerprint density at radius 3 is 1.27 bits per heavy atom. The van der Waals surface area contributed by atoms with Crippen LogP contribution in [0, 0.1) is 0 Å². The minimum absolute atomic E-state index is 0.210. The zero-order valence-corrected chi connectivity index (χ0v) is 17.4. The first-order valence-electron chi connectivity index (χ1n) is 9.95. The number of fused-ring (bicyclic) bond motifs is 10. The number of rotatable bonds is 3. The van der Waals surface area contributed by atoms with Gasteiger partial charge in [0.2, 0.25) is 0 Å². The van der Waals surface area contributed by atoms with Crippen molar-refractivity contribution < 1.29 is 6.51 Å². The monoisotopic (exact) mass is 438 g/mol. The van der Waals surface area contributed by atoms with Crippen LogP contribution in [0.4, 0.5) is 0 Å². The standard InChI is InChI=1S/C17H12Cl2P.C5H5.Fe/c18-13-5-9-16(10-6-13)20(15-3-1-2-4-15)17-11-7-14(19)8-12-17;1-2-4-5-3-1;/h1-12H;1-5H;. The van der Waals surface area contributed by atoms with Gasteiger partial charge >= 0.3 is 154 Å². The van der Waals surface area contributed by atoms with Crippen molar-refractivity contribution >= 4 is 41.7 Å². The molecule has 2 aromatic rings. The molecule has 2 aromatic carbocycles. The fourth-order valence-corrected chi connectivity index (χ4v) is 107. The Morgan fingerprint density at radius 1 is 0.615 bits per heavy atom. The Morgan fingerprint density at radius 2 is 1.00 bits per heavy atom. The number of hydrogen-bond acceptors (Lipinski definition) is 0. The van der Waals surface area contributed by atoms with E-state index in [1.165, 1.54) is 43.3 Å². The topological polar surface area (TPSA) is 0 Å². The Kier molecular flexibility index (Phi) is 0.641. The van der Waals surface area contributed by atoms with Crippen LogP contribution >= 0.6 is 31.1 Å². The predicted molar refractivity (Wildman–Crippen MR) is 106 cm³/mol. The molecular formula is C22H17Cl2FeP. The summed E-state index contributed by atoms with van der Waals surface area (Å²) in [5.41, 5.74) is 0. The molecule has 0 nitrogen and oxygen atoms in total. The van der Waals surface area contributed by atoms with Gasteiger partial charge in [-0.1, -0.05) is 0 Å². The van der Waals surface area contributed by atoms with Gasteiger partial charge in [-0.15, -0.1) is 0 Å². The van der Waals surface area contributed by atoms with Crippen molar-refractivity contribution in [1.29, 1.82) is 0 Å². The van der Waals surface area contributed by atoms with E-state index in [-0.39, 0.29) is 7.92 Å². The molecule has 0 amide bonds. The average molecular weight is 439 g/mol. The van der Waals surface area contributed by atoms with E-state index in [0.717, 1.165) is 14.1 Å². The van der Waals surface area contributed by atoms with E-state index in [2.05, 4.69) is 48.5 Å². The maximum atomic E-state index is 6.27. The van der Waals surface area contributed by atoms with Crippen molar-refractivity contribution in [3.63, 3.8) is 0 Å². The summed E-state index contributed by atoms with van der Waals surface area (Å²) < 4.78 is 0.885. The molecule has 1 spiro atoms. The second-order valence-corrected chi connectivity index (χ2v) is 40.2. The molecule has 10 aliphatic rings. The molecule has 0 N–H and O–H groups in total. The molecule has 4 heteroatoms. The third kappa shape index (κ3) is 0.207. The first-order chi connectivity index (χ1) is 12.4. The summed E-state index contributed by atoms with van der Waals surface area (Å²) in [4.78, 5) is 12.3. The van der Waals surface area contributed by atoms with Gasteiger partial charge in [-0.25, -0.2) is 0 Å². The van der Waals surface area contributed by atoms with Crippen molar-refractivity contribution in [1.82, 2.24) is 0 Å². The van der Waals surface area contributed by atoms with Gasteiger partial charge in [0.25, 0.3) is 0 Å². The molecule has 0 saturated carbocycles. The summed E-state index contributed by atoms with van der Waals surface area (Å²) in [6.45, 7) is -3.16. The van der Waals surface area contributed by atoms with Crippen LogP contribution in [-0.4, -0.2) is 4.05 Å². The molecular weight excluding hydrogens is 422 g/mol. The summed E-state index contributed by atoms with van der Waals surface area (Å²) in [6.07, 6.45) is 0. The average Bonchev–Trinajstić information content (AvgIpc) is 3.59. The number of hydrogen-bond donors (Lipinski definition) is 0. The van der Waals surface area contributed by atoms with Gasteiger partial charge in [-0.2, -0.15) is 0 Å². The van der Waals surface area contributed by atoms with E-state index in [0.29, 0.717) is 0 Å². The van der Waals surface area contributed by atoms with Crippen molar-refractivity contribution in [2.45, 2.75) is 47.4 Å². The summed E-state index contributed by atoms with van der Waals surface area (Å²) in [5.74, 6) is 0. The minimum atomic E-state index is -3.16. The molecule has 12 rings (SSSR count). The number of halogens is 2. The fraction of sp³-hybridized carbons (Fsp3) is 0.455. The molecule has 10 fully saturated rings. The summed E-state index contributed by atoms with van der Waals surface area (Å²) >= 11 is 12.5. The van der Waals surface area contributed by atoms with Gasteiger partial charge in [0.15, 0.2) is 0 Å². The van der Waals surface area contributed by atoms with Crippen LogP contribution in [-0.2, 0) is 6.51 Å². The first-order valence-corrected chi connectivity index (χ1v) is 18.3. The molecule has 10 saturated heterocycles. The van der Waals surface area contributed by atoms with E-state index in [1.807, 2.05) is 0 Å². The van der Waals surface area contributed by atoms with Gasteiger partial charge in [-0.05, 0) is 0 Å². The van der Waals surface area contributed by atoms with E-state index >= 15 is 0 Å². The molecule has 26 heavy (non-hydrogen) atoms. The quantitative estimate of drug-likeness (QED) is 0.368.